The van der Waals surface area contributed by atoms with Gasteiger partial charge in [-0.1, -0.05) is 11.6 Å². The second-order valence-corrected chi connectivity index (χ2v) is 2.99. The highest BCUT2D eigenvalue weighted by atomic mass is 79.9. The lowest BCUT2D eigenvalue weighted by Gasteiger charge is -2.01. The largest absolute Gasteiger partial charge is 0.281 e. The second-order valence-electron chi connectivity index (χ2n) is 1.79. The van der Waals surface area contributed by atoms with Gasteiger partial charge in [0.25, 0.3) is 6.43 Å². The molecule has 0 saturated heterocycles. The van der Waals surface area contributed by atoms with Crippen molar-refractivity contribution in [2.45, 2.75) is 6.43 Å². The van der Waals surface area contributed by atoms with E-state index in [9.17, 15) is 8.78 Å². The Kier molecular flexibility index (Phi) is 2.78. The summed E-state index contributed by atoms with van der Waals surface area (Å²) in [5.74, 6) is 0. The molecule has 0 unspecified atom stereocenters. The summed E-state index contributed by atoms with van der Waals surface area (Å²) in [5.41, 5.74) is -0.322. The molecule has 0 aliphatic rings. The van der Waals surface area contributed by atoms with Gasteiger partial charge in [0.2, 0.25) is 0 Å². The maximum atomic E-state index is 12.1. The van der Waals surface area contributed by atoms with E-state index in [1.807, 2.05) is 0 Å². The van der Waals surface area contributed by atoms with Crippen LogP contribution in [0.25, 0.3) is 0 Å². The standard InChI is InChI=1S/C6H3BrClF2N/c7-4-3(8)1-2-11-5(4)6(9)10/h1-2,6H. The first-order valence-electron chi connectivity index (χ1n) is 2.71. The molecule has 0 fully saturated rings. The van der Waals surface area contributed by atoms with Crippen LogP contribution in [0.1, 0.15) is 12.1 Å². The smallest absolute Gasteiger partial charge is 0.254 e. The molecule has 1 nitrogen and oxygen atoms in total. The van der Waals surface area contributed by atoms with E-state index in [2.05, 4.69) is 20.9 Å². The number of halogens is 4. The topological polar surface area (TPSA) is 12.9 Å². The van der Waals surface area contributed by atoms with Crippen LogP contribution < -0.4 is 0 Å². The van der Waals surface area contributed by atoms with Gasteiger partial charge in [0.15, 0.2) is 0 Å². The summed E-state index contributed by atoms with van der Waals surface area (Å²) >= 11 is 8.44. The van der Waals surface area contributed by atoms with Crippen molar-refractivity contribution in [2.24, 2.45) is 0 Å². The fraction of sp³-hybridized carbons (Fsp3) is 0.167. The lowest BCUT2D eigenvalue weighted by molar-refractivity contribution is 0.145. The number of nitrogens with zero attached hydrogens (tertiary/aromatic N) is 1. The molecule has 0 bridgehead atoms. The minimum Gasteiger partial charge on any atom is -0.254 e. The minimum absolute atomic E-state index is 0.164. The number of pyridine rings is 1. The second kappa shape index (κ2) is 3.45. The SMILES string of the molecule is FC(F)c1nccc(Cl)c1Br. The van der Waals surface area contributed by atoms with Crippen molar-refractivity contribution in [3.63, 3.8) is 0 Å². The maximum Gasteiger partial charge on any atom is 0.281 e. The van der Waals surface area contributed by atoms with Crippen molar-refractivity contribution < 1.29 is 8.78 Å². The summed E-state index contributed by atoms with van der Waals surface area (Å²) in [5, 5.41) is 0.246. The van der Waals surface area contributed by atoms with Crippen LogP contribution in [-0.4, -0.2) is 4.98 Å². The van der Waals surface area contributed by atoms with Crippen LogP contribution in [-0.2, 0) is 0 Å². The van der Waals surface area contributed by atoms with Crippen molar-refractivity contribution in [3.8, 4) is 0 Å². The Morgan fingerprint density at radius 3 is 2.64 bits per heavy atom. The predicted molar refractivity (Wildman–Crippen MR) is 41.9 cm³/mol. The first-order valence-corrected chi connectivity index (χ1v) is 3.88. The zero-order valence-corrected chi connectivity index (χ0v) is 7.53. The third-order valence-corrected chi connectivity index (χ3v) is 2.45. The molecular weight excluding hydrogens is 239 g/mol. The Balaban J connectivity index is 3.17. The zero-order chi connectivity index (χ0) is 8.43. The van der Waals surface area contributed by atoms with E-state index in [4.69, 9.17) is 11.6 Å². The Morgan fingerprint density at radius 1 is 1.55 bits per heavy atom. The van der Waals surface area contributed by atoms with Gasteiger partial charge in [0, 0.05) is 6.20 Å². The van der Waals surface area contributed by atoms with Gasteiger partial charge in [-0.2, -0.15) is 0 Å². The number of aromatic nitrogens is 1. The highest BCUT2D eigenvalue weighted by molar-refractivity contribution is 9.10. The van der Waals surface area contributed by atoms with Gasteiger partial charge in [0.05, 0.1) is 9.50 Å². The van der Waals surface area contributed by atoms with E-state index in [0.717, 1.165) is 0 Å². The Hall–Kier alpha value is -0.220. The van der Waals surface area contributed by atoms with Crippen molar-refractivity contribution in [2.75, 3.05) is 0 Å². The molecule has 0 spiro atoms. The fourth-order valence-electron chi connectivity index (χ4n) is 0.587. The molecule has 0 aromatic carbocycles. The lowest BCUT2D eigenvalue weighted by atomic mass is 10.4. The molecule has 0 radical (unpaired) electrons. The molecule has 0 aliphatic heterocycles. The van der Waals surface area contributed by atoms with Gasteiger partial charge in [-0.05, 0) is 22.0 Å². The predicted octanol–water partition coefficient (Wildman–Crippen LogP) is 3.44. The van der Waals surface area contributed by atoms with Crippen LogP contribution in [0, 0.1) is 0 Å². The van der Waals surface area contributed by atoms with Gasteiger partial charge in [0.1, 0.15) is 5.69 Å². The van der Waals surface area contributed by atoms with E-state index in [1.54, 1.807) is 0 Å². The maximum absolute atomic E-state index is 12.1. The van der Waals surface area contributed by atoms with Gasteiger partial charge in [-0.3, -0.25) is 4.98 Å². The van der Waals surface area contributed by atoms with Crippen molar-refractivity contribution >= 4 is 27.5 Å². The van der Waals surface area contributed by atoms with Crippen molar-refractivity contribution in [3.05, 3.63) is 27.5 Å². The van der Waals surface area contributed by atoms with E-state index >= 15 is 0 Å². The fourth-order valence-corrected chi connectivity index (χ4v) is 1.15. The van der Waals surface area contributed by atoms with Crippen LogP contribution in [0.3, 0.4) is 0 Å². The third kappa shape index (κ3) is 1.87. The number of hydrogen-bond donors (Lipinski definition) is 0. The monoisotopic (exact) mass is 241 g/mol. The van der Waals surface area contributed by atoms with E-state index in [-0.39, 0.29) is 15.2 Å². The molecule has 0 aliphatic carbocycles. The molecule has 1 heterocycles. The Morgan fingerprint density at radius 2 is 2.18 bits per heavy atom. The normalized spacial score (nSPS) is 10.6. The zero-order valence-electron chi connectivity index (χ0n) is 5.19. The molecule has 1 aromatic heterocycles. The lowest BCUT2D eigenvalue weighted by Crippen LogP contribution is -1.90. The summed E-state index contributed by atoms with van der Waals surface area (Å²) in [4.78, 5) is 3.46. The molecule has 1 rings (SSSR count). The molecule has 0 amide bonds. The summed E-state index contributed by atoms with van der Waals surface area (Å²) < 4.78 is 24.3. The van der Waals surface area contributed by atoms with Crippen LogP contribution in [0.5, 0.6) is 0 Å². The number of rotatable bonds is 1. The molecule has 0 N–H and O–H groups in total. The summed E-state index contributed by atoms with van der Waals surface area (Å²) in [6, 6.07) is 1.44. The first kappa shape index (κ1) is 8.87. The van der Waals surface area contributed by atoms with Crippen molar-refractivity contribution in [1.29, 1.82) is 0 Å². The highest BCUT2D eigenvalue weighted by Gasteiger charge is 2.14. The number of alkyl halides is 2. The van der Waals surface area contributed by atoms with Crippen LogP contribution in [0.15, 0.2) is 16.7 Å². The highest BCUT2D eigenvalue weighted by Crippen LogP contribution is 2.30. The Labute approximate surface area is 75.5 Å². The van der Waals surface area contributed by atoms with Crippen molar-refractivity contribution in [1.82, 2.24) is 4.98 Å². The summed E-state index contributed by atoms with van der Waals surface area (Å²) in [6.07, 6.45) is -1.35. The van der Waals surface area contributed by atoms with Gasteiger partial charge < -0.3 is 0 Å². The van der Waals surface area contributed by atoms with E-state index in [0.29, 0.717) is 0 Å². The van der Waals surface area contributed by atoms with E-state index in [1.165, 1.54) is 12.3 Å². The van der Waals surface area contributed by atoms with Crippen LogP contribution in [0.2, 0.25) is 5.02 Å². The van der Waals surface area contributed by atoms with Gasteiger partial charge >= 0.3 is 0 Å². The van der Waals surface area contributed by atoms with Crippen LogP contribution in [0.4, 0.5) is 8.78 Å². The molecule has 0 saturated carbocycles. The van der Waals surface area contributed by atoms with Gasteiger partial charge in [-0.25, -0.2) is 8.78 Å². The minimum atomic E-state index is -2.59. The summed E-state index contributed by atoms with van der Waals surface area (Å²) in [7, 11) is 0. The average Bonchev–Trinajstić information content (AvgIpc) is 1.94. The molecular formula is C6H3BrClF2N. The van der Waals surface area contributed by atoms with Gasteiger partial charge in [-0.15, -0.1) is 0 Å². The third-order valence-electron chi connectivity index (χ3n) is 1.08. The molecule has 5 heteroatoms. The first-order chi connectivity index (χ1) is 5.13. The quantitative estimate of drug-likeness (QED) is 0.735. The number of hydrogen-bond acceptors (Lipinski definition) is 1. The summed E-state index contributed by atoms with van der Waals surface area (Å²) in [6.45, 7) is 0. The molecule has 1 aromatic rings. The molecule has 11 heavy (non-hydrogen) atoms. The molecule has 60 valence electrons. The molecule has 0 atom stereocenters. The average molecular weight is 242 g/mol. The Bertz CT molecular complexity index is 267. The van der Waals surface area contributed by atoms with Crippen LogP contribution >= 0.6 is 27.5 Å². The van der Waals surface area contributed by atoms with E-state index < -0.39 is 6.43 Å².